The minimum atomic E-state index is -0.749. The Morgan fingerprint density at radius 1 is 1.75 bits per heavy atom. The van der Waals surface area contributed by atoms with Crippen molar-refractivity contribution in [2.24, 2.45) is 0 Å². The maximum absolute atomic E-state index is 10.6. The van der Waals surface area contributed by atoms with Gasteiger partial charge in [0.05, 0.1) is 6.61 Å². The molecule has 0 fully saturated rings. The maximum Gasteiger partial charge on any atom is 0.240 e. The van der Waals surface area contributed by atoms with E-state index in [0.717, 1.165) is 0 Å². The molecule has 1 radical (unpaired) electrons. The number of carbonyl (C=O) groups excluding carboxylic acids is 1. The van der Waals surface area contributed by atoms with Crippen molar-refractivity contribution >= 4 is 29.0 Å². The molecule has 0 spiro atoms. The number of hydrogen-bond donors (Lipinski definition) is 0. The summed E-state index contributed by atoms with van der Waals surface area (Å²) >= 11 is 1.39. The molecule has 0 bridgehead atoms. The van der Waals surface area contributed by atoms with Gasteiger partial charge >= 0.3 is 0 Å². The van der Waals surface area contributed by atoms with Gasteiger partial charge in [-0.05, 0) is 12.5 Å². The predicted molar refractivity (Wildman–Crippen MR) is 44.1 cm³/mol. The molecule has 0 aromatic heterocycles. The summed E-state index contributed by atoms with van der Waals surface area (Å²) in [6, 6.07) is 1.59. The average molecular weight is 452 g/mol. The first-order valence-corrected chi connectivity index (χ1v) is 3.62. The van der Waals surface area contributed by atoms with E-state index in [2.05, 4.69) is 14.1 Å². The third-order valence-electron chi connectivity index (χ3n) is 0.705. The van der Waals surface area contributed by atoms with Gasteiger partial charge in [-0.3, -0.25) is 5.26 Å². The van der Waals surface area contributed by atoms with E-state index < -0.39 is 5.97 Å². The molecule has 0 saturated carbocycles. The molecule has 0 rings (SSSR count). The Kier molecular flexibility index (Phi) is 10.8. The Hall–Kier alpha value is -0.108. The molecular weight excluding hydrogens is 447 g/mol. The monoisotopic (exact) mass is 453 g/mol. The third kappa shape index (κ3) is 5.53. The van der Waals surface area contributed by atoms with E-state index in [4.69, 9.17) is 5.26 Å². The van der Waals surface area contributed by atoms with Crippen molar-refractivity contribution in [2.45, 2.75) is 6.92 Å². The fourth-order valence-electron chi connectivity index (χ4n) is 0.293. The number of carbonyl (C=O) groups is 1. The van der Waals surface area contributed by atoms with Crippen LogP contribution in [-0.4, -0.2) is 12.6 Å². The van der Waals surface area contributed by atoms with Crippen LogP contribution in [0.3, 0.4) is 0 Å². The van der Waals surface area contributed by atoms with Gasteiger partial charge in [0.25, 0.3) is 0 Å². The number of nitriles is 1. The van der Waals surface area contributed by atoms with Gasteiger partial charge in [0.15, 0.2) is 23.0 Å². The molecule has 0 atom stereocenters. The maximum atomic E-state index is 10.6. The van der Waals surface area contributed by atoms with Crippen LogP contribution < -0.4 is 0 Å². The van der Waals surface area contributed by atoms with Gasteiger partial charge in [0.2, 0.25) is 5.97 Å². The fraction of sp³-hybridized carbons (Fsp3) is 0.333. The first kappa shape index (κ1) is 14.4. The molecule has 0 aliphatic heterocycles. The average Bonchev–Trinajstić information content (AvgIpc) is 2.05. The normalized spacial score (nSPS) is 9.25. The zero-order chi connectivity index (χ0) is 8.69. The largest absolute Gasteiger partial charge is 0.559 e. The second kappa shape index (κ2) is 8.98. The van der Waals surface area contributed by atoms with E-state index in [1.807, 2.05) is 0 Å². The van der Waals surface area contributed by atoms with Crippen molar-refractivity contribution in [3.05, 3.63) is 11.8 Å². The summed E-state index contributed by atoms with van der Waals surface area (Å²) in [6.07, 6.45) is 2.15. The summed E-state index contributed by atoms with van der Waals surface area (Å²) in [5.41, 5.74) is -0.263. The summed E-state index contributed by atoms with van der Waals surface area (Å²) in [5, 5.41) is 8.32. The van der Waals surface area contributed by atoms with Gasteiger partial charge in [0, 0.05) is 26.7 Å². The van der Waals surface area contributed by atoms with E-state index in [1.165, 1.54) is 23.0 Å². The molecule has 0 amide bonds. The minimum absolute atomic E-state index is 0. The molecule has 12 heavy (non-hydrogen) atoms. The quantitative estimate of drug-likeness (QED) is 0.212. The van der Waals surface area contributed by atoms with Crippen molar-refractivity contribution in [3.8, 4) is 6.07 Å². The summed E-state index contributed by atoms with van der Waals surface area (Å²) in [6.45, 7) is 2.08. The minimum Gasteiger partial charge on any atom is -0.559 e. The fourth-order valence-corrected chi connectivity index (χ4v) is 0.513. The number of hydrogen-bond acceptors (Lipinski definition) is 4. The van der Waals surface area contributed by atoms with Crippen LogP contribution in [0.2, 0.25) is 0 Å². The zero-order valence-corrected chi connectivity index (χ0v) is 11.0. The Morgan fingerprint density at radius 3 is 2.67 bits per heavy atom. The summed E-state index contributed by atoms with van der Waals surface area (Å²) < 4.78 is 8.83. The number of nitrogens with zero attached hydrogens (tertiary/aromatic N) is 1. The van der Waals surface area contributed by atoms with Gasteiger partial charge in [-0.25, -0.2) is 0 Å². The molecule has 0 aliphatic carbocycles. The van der Waals surface area contributed by atoms with Crippen LogP contribution in [0.25, 0.3) is 0 Å². The van der Waals surface area contributed by atoms with Crippen LogP contribution in [0.5, 0.6) is 0 Å². The molecule has 0 aromatic carbocycles. The van der Waals surface area contributed by atoms with Crippen molar-refractivity contribution < 1.29 is 33.0 Å². The smallest absolute Gasteiger partial charge is 0.240 e. The molecule has 0 heterocycles. The molecule has 0 saturated heterocycles. The molecule has 0 N–H and O–H groups in total. The van der Waals surface area contributed by atoms with Crippen molar-refractivity contribution in [1.82, 2.24) is 0 Å². The second-order valence-electron chi connectivity index (χ2n) is 1.39. The third-order valence-corrected chi connectivity index (χ3v) is 1.10. The summed E-state index contributed by atoms with van der Waals surface area (Å²) in [7, 11) is 0. The number of rotatable bonds is 3. The van der Waals surface area contributed by atoms with Crippen molar-refractivity contribution in [2.75, 3.05) is 6.61 Å². The molecule has 0 aliphatic rings. The SMILES string of the molecule is CCO[C-]=C(C#N)C(=O)OI.[Re]. The Morgan fingerprint density at radius 2 is 2.33 bits per heavy atom. The Balaban J connectivity index is 0. The Labute approximate surface area is 98.2 Å². The van der Waals surface area contributed by atoms with E-state index in [9.17, 15) is 4.79 Å². The molecule has 0 unspecified atom stereocenters. The molecular formula is C6H5INO3Re-. The van der Waals surface area contributed by atoms with E-state index >= 15 is 0 Å². The van der Waals surface area contributed by atoms with Gasteiger partial charge in [-0.1, -0.05) is 6.07 Å². The summed E-state index contributed by atoms with van der Waals surface area (Å²) in [5.74, 6) is -0.749. The second-order valence-corrected chi connectivity index (χ2v) is 1.83. The van der Waals surface area contributed by atoms with Crippen LogP contribution >= 0.6 is 23.0 Å². The van der Waals surface area contributed by atoms with E-state index in [-0.39, 0.29) is 26.0 Å². The van der Waals surface area contributed by atoms with E-state index in [0.29, 0.717) is 6.61 Å². The van der Waals surface area contributed by atoms with Crippen LogP contribution in [-0.2, 0) is 33.0 Å². The molecule has 67 valence electrons. The van der Waals surface area contributed by atoms with Crippen LogP contribution in [0, 0.1) is 17.6 Å². The van der Waals surface area contributed by atoms with Crippen LogP contribution in [0.1, 0.15) is 6.92 Å². The topological polar surface area (TPSA) is 59.3 Å². The number of halogens is 1. The first-order valence-electron chi connectivity index (χ1n) is 2.74. The standard InChI is InChI=1S/C6H5INO3.Re/c1-2-10-4-5(3-8)6(9)11-7;/h2H2,1H3;/q-1;. The van der Waals surface area contributed by atoms with Crippen LogP contribution in [0.15, 0.2) is 5.57 Å². The van der Waals surface area contributed by atoms with Crippen LogP contribution in [0.4, 0.5) is 0 Å². The number of ether oxygens (including phenoxy) is 1. The van der Waals surface area contributed by atoms with Crippen molar-refractivity contribution in [1.29, 1.82) is 5.26 Å². The van der Waals surface area contributed by atoms with Crippen molar-refractivity contribution in [3.63, 3.8) is 0 Å². The zero-order valence-electron chi connectivity index (χ0n) is 6.13. The molecule has 0 aromatic rings. The Bertz CT molecular complexity index is 211. The van der Waals surface area contributed by atoms with Gasteiger partial charge in [-0.15, -0.1) is 0 Å². The molecule has 6 heteroatoms. The van der Waals surface area contributed by atoms with E-state index in [1.54, 1.807) is 13.0 Å². The van der Waals surface area contributed by atoms with Gasteiger partial charge < -0.3 is 12.6 Å². The molecule has 4 nitrogen and oxygen atoms in total. The van der Waals surface area contributed by atoms with Gasteiger partial charge in [0.1, 0.15) is 0 Å². The van der Waals surface area contributed by atoms with Gasteiger partial charge in [-0.2, -0.15) is 0 Å². The predicted octanol–water partition coefficient (Wildman–Crippen LogP) is 1.12. The summed E-state index contributed by atoms with van der Waals surface area (Å²) in [4.78, 5) is 10.6. The first-order chi connectivity index (χ1) is 5.26.